The molecule has 1 aromatic carbocycles. The van der Waals surface area contributed by atoms with Gasteiger partial charge in [-0.25, -0.2) is 0 Å². The largest absolute Gasteiger partial charge is 0.494 e. The van der Waals surface area contributed by atoms with Crippen LogP contribution < -0.4 is 4.74 Å². The molecule has 3 heteroatoms. The van der Waals surface area contributed by atoms with Crippen LogP contribution in [0.3, 0.4) is 0 Å². The molecule has 1 aromatic rings. The van der Waals surface area contributed by atoms with Gasteiger partial charge in [0.2, 0.25) is 0 Å². The Morgan fingerprint density at radius 1 is 0.960 bits per heavy atom. The molecule has 140 valence electrons. The van der Waals surface area contributed by atoms with E-state index in [2.05, 4.69) is 43.1 Å². The van der Waals surface area contributed by atoms with Gasteiger partial charge in [-0.3, -0.25) is 0 Å². The van der Waals surface area contributed by atoms with Gasteiger partial charge in [-0.2, -0.15) is 0 Å². The second-order valence-electron chi connectivity index (χ2n) is 7.86. The maximum Gasteiger partial charge on any atom is 0.119 e. The summed E-state index contributed by atoms with van der Waals surface area (Å²) in [4.78, 5) is 2.56. The Labute approximate surface area is 153 Å². The van der Waals surface area contributed by atoms with Crippen LogP contribution >= 0.6 is 0 Å². The Bertz CT molecular complexity index is 487. The third kappa shape index (κ3) is 5.46. The second-order valence-corrected chi connectivity index (χ2v) is 7.86. The molecule has 3 nitrogen and oxygen atoms in total. The first-order chi connectivity index (χ1) is 12.3. The topological polar surface area (TPSA) is 21.7 Å². The van der Waals surface area contributed by atoms with Gasteiger partial charge in [-0.05, 0) is 56.8 Å². The first-order valence-electron chi connectivity index (χ1n) is 10.3. The molecule has 0 N–H and O–H groups in total. The van der Waals surface area contributed by atoms with E-state index in [9.17, 15) is 0 Å². The summed E-state index contributed by atoms with van der Waals surface area (Å²) in [6.07, 6.45) is 11.9. The summed E-state index contributed by atoms with van der Waals surface area (Å²) < 4.78 is 12.0. The zero-order valence-electron chi connectivity index (χ0n) is 16.1. The molecular weight excluding hydrogens is 310 g/mol. The van der Waals surface area contributed by atoms with Crippen LogP contribution in [0, 0.1) is 0 Å². The van der Waals surface area contributed by atoms with Gasteiger partial charge in [0, 0.05) is 12.1 Å². The minimum absolute atomic E-state index is 0.438. The summed E-state index contributed by atoms with van der Waals surface area (Å²) in [6, 6.07) is 9.96. The van der Waals surface area contributed by atoms with Gasteiger partial charge in [0.25, 0.3) is 0 Å². The van der Waals surface area contributed by atoms with Gasteiger partial charge in [-0.1, -0.05) is 44.7 Å². The van der Waals surface area contributed by atoms with E-state index in [1.54, 1.807) is 0 Å². The quantitative estimate of drug-likeness (QED) is 0.546. The van der Waals surface area contributed by atoms with Crippen molar-refractivity contribution in [2.45, 2.75) is 89.5 Å². The normalized spacial score (nSPS) is 26.1. The zero-order chi connectivity index (χ0) is 17.5. The molecule has 1 unspecified atom stereocenters. The molecule has 0 aliphatic carbocycles. The van der Waals surface area contributed by atoms with Crippen LogP contribution in [0.5, 0.6) is 5.75 Å². The number of rotatable bonds is 10. The number of hydrogen-bond donors (Lipinski definition) is 0. The lowest BCUT2D eigenvalue weighted by Gasteiger charge is -2.36. The van der Waals surface area contributed by atoms with Crippen LogP contribution in [-0.2, 0) is 11.3 Å². The van der Waals surface area contributed by atoms with Gasteiger partial charge in [0.15, 0.2) is 0 Å². The van der Waals surface area contributed by atoms with Crippen molar-refractivity contribution in [2.75, 3.05) is 13.7 Å². The molecule has 0 saturated carbocycles. The lowest BCUT2D eigenvalue weighted by atomic mass is 10.0. The molecule has 2 heterocycles. The Morgan fingerprint density at radius 2 is 1.64 bits per heavy atom. The number of fused-ring (bicyclic) bond motifs is 2. The Balaban J connectivity index is 1.34. The minimum Gasteiger partial charge on any atom is -0.494 e. The fourth-order valence-electron chi connectivity index (χ4n) is 4.29. The highest BCUT2D eigenvalue weighted by Gasteiger charge is 2.38. The molecule has 0 radical (unpaired) electrons. The smallest absolute Gasteiger partial charge is 0.119 e. The van der Waals surface area contributed by atoms with Crippen LogP contribution in [0.2, 0.25) is 0 Å². The average molecular weight is 346 g/mol. The van der Waals surface area contributed by atoms with Gasteiger partial charge < -0.3 is 14.4 Å². The molecule has 3 atom stereocenters. The lowest BCUT2D eigenvalue weighted by molar-refractivity contribution is -0.0211. The van der Waals surface area contributed by atoms with Crippen molar-refractivity contribution < 1.29 is 9.47 Å². The number of hydrogen-bond acceptors (Lipinski definition) is 3. The van der Waals surface area contributed by atoms with E-state index in [1.807, 2.05) is 0 Å². The molecule has 2 fully saturated rings. The van der Waals surface area contributed by atoms with Gasteiger partial charge in [0.05, 0.1) is 19.3 Å². The highest BCUT2D eigenvalue weighted by atomic mass is 16.5. The molecule has 0 amide bonds. The van der Waals surface area contributed by atoms with Crippen LogP contribution in [0.25, 0.3) is 0 Å². The van der Waals surface area contributed by atoms with E-state index in [1.165, 1.54) is 56.9 Å². The Kier molecular flexibility index (Phi) is 7.18. The molecule has 25 heavy (non-hydrogen) atoms. The summed E-state index contributed by atoms with van der Waals surface area (Å²) in [6.45, 7) is 3.81. The monoisotopic (exact) mass is 345 g/mol. The lowest BCUT2D eigenvalue weighted by Crippen LogP contribution is -2.42. The highest BCUT2D eigenvalue weighted by molar-refractivity contribution is 5.26. The molecule has 0 spiro atoms. The van der Waals surface area contributed by atoms with Crippen molar-refractivity contribution in [3.05, 3.63) is 29.8 Å². The van der Waals surface area contributed by atoms with Crippen molar-refractivity contribution in [2.24, 2.45) is 0 Å². The summed E-state index contributed by atoms with van der Waals surface area (Å²) in [5, 5.41) is 0. The molecule has 2 aliphatic rings. The van der Waals surface area contributed by atoms with Crippen molar-refractivity contribution >= 4 is 0 Å². The van der Waals surface area contributed by atoms with Crippen molar-refractivity contribution in [1.82, 2.24) is 4.90 Å². The van der Waals surface area contributed by atoms with Crippen molar-refractivity contribution in [1.29, 1.82) is 0 Å². The molecule has 0 aromatic heterocycles. The predicted octanol–water partition coefficient (Wildman–Crippen LogP) is 5.18. The minimum atomic E-state index is 0.438. The van der Waals surface area contributed by atoms with Crippen molar-refractivity contribution in [3.8, 4) is 5.75 Å². The summed E-state index contributed by atoms with van der Waals surface area (Å²) in [5.74, 6) is 0.983. The summed E-state index contributed by atoms with van der Waals surface area (Å²) >= 11 is 0. The predicted molar refractivity (Wildman–Crippen MR) is 103 cm³/mol. The number of benzene rings is 1. The molecule has 2 saturated heterocycles. The maximum atomic E-state index is 6.21. The standard InChI is InChI=1S/C22H35NO2/c1-3-4-5-6-7-14-24-21-12-8-18(9-13-21)17-25-22-15-19-10-11-20(16-22)23(19)2/h8-9,12-13,19-20,22H,3-7,10-11,14-17H2,1-2H3/t19-,20+,22?. The fraction of sp³-hybridized carbons (Fsp3) is 0.727. The molecule has 3 rings (SSSR count). The second kappa shape index (κ2) is 9.59. The van der Waals surface area contributed by atoms with Gasteiger partial charge in [-0.15, -0.1) is 0 Å². The van der Waals surface area contributed by atoms with E-state index < -0.39 is 0 Å². The van der Waals surface area contributed by atoms with Crippen molar-refractivity contribution in [3.63, 3.8) is 0 Å². The van der Waals surface area contributed by atoms with Crippen LogP contribution in [-0.4, -0.2) is 36.7 Å². The van der Waals surface area contributed by atoms with Gasteiger partial charge >= 0.3 is 0 Å². The van der Waals surface area contributed by atoms with E-state index >= 15 is 0 Å². The number of nitrogens with zero attached hydrogens (tertiary/aromatic N) is 1. The highest BCUT2D eigenvalue weighted by Crippen LogP contribution is 2.35. The average Bonchev–Trinajstić information content (AvgIpc) is 2.85. The summed E-state index contributed by atoms with van der Waals surface area (Å²) in [5.41, 5.74) is 1.25. The van der Waals surface area contributed by atoms with Crippen LogP contribution in [0.1, 0.15) is 70.3 Å². The van der Waals surface area contributed by atoms with Crippen LogP contribution in [0.4, 0.5) is 0 Å². The maximum absolute atomic E-state index is 6.21. The van der Waals surface area contributed by atoms with E-state index in [0.29, 0.717) is 6.10 Å². The Hall–Kier alpha value is -1.06. The SMILES string of the molecule is CCCCCCCOc1ccc(COC2C[C@H]3CC[C@@H](C2)N3C)cc1. The fourth-order valence-corrected chi connectivity index (χ4v) is 4.29. The molecular formula is C22H35NO2. The first kappa shape index (κ1) is 18.7. The third-order valence-corrected chi connectivity index (χ3v) is 5.98. The molecule has 2 aliphatic heterocycles. The number of unbranched alkanes of at least 4 members (excludes halogenated alkanes) is 4. The number of piperidine rings is 1. The molecule has 2 bridgehead atoms. The van der Waals surface area contributed by atoms with Gasteiger partial charge in [0.1, 0.15) is 5.75 Å². The van der Waals surface area contributed by atoms with E-state index in [0.717, 1.165) is 37.5 Å². The first-order valence-corrected chi connectivity index (χ1v) is 10.3. The number of ether oxygens (including phenoxy) is 2. The zero-order valence-corrected chi connectivity index (χ0v) is 16.1. The van der Waals surface area contributed by atoms with Crippen LogP contribution in [0.15, 0.2) is 24.3 Å². The summed E-state index contributed by atoms with van der Waals surface area (Å²) in [7, 11) is 2.28. The van der Waals surface area contributed by atoms with E-state index in [-0.39, 0.29) is 0 Å². The third-order valence-electron chi connectivity index (χ3n) is 5.98. The Morgan fingerprint density at radius 3 is 2.32 bits per heavy atom. The van der Waals surface area contributed by atoms with E-state index in [4.69, 9.17) is 9.47 Å².